The number of ether oxygens (including phenoxy) is 1. The average Bonchev–Trinajstić information content (AvgIpc) is 2.40. The van der Waals surface area contributed by atoms with Crippen LogP contribution in [0.3, 0.4) is 0 Å². The summed E-state index contributed by atoms with van der Waals surface area (Å²) in [7, 11) is 1.51. The van der Waals surface area contributed by atoms with Crippen molar-refractivity contribution in [3.8, 4) is 5.75 Å². The first-order valence-electron chi connectivity index (χ1n) is 7.55. The van der Waals surface area contributed by atoms with Gasteiger partial charge in [-0.15, -0.1) is 0 Å². The molecule has 0 spiro atoms. The maximum atomic E-state index is 14.7. The van der Waals surface area contributed by atoms with Gasteiger partial charge in [0.1, 0.15) is 11.4 Å². The Morgan fingerprint density at radius 3 is 2.45 bits per heavy atom. The van der Waals surface area contributed by atoms with E-state index in [1.54, 1.807) is 11.0 Å². The third-order valence-corrected chi connectivity index (χ3v) is 4.65. The number of alkyl halides is 1. The van der Waals surface area contributed by atoms with E-state index in [4.69, 9.17) is 4.74 Å². The van der Waals surface area contributed by atoms with E-state index in [0.717, 1.165) is 24.8 Å². The minimum absolute atomic E-state index is 0.0601. The van der Waals surface area contributed by atoms with E-state index in [-0.39, 0.29) is 17.6 Å². The summed E-state index contributed by atoms with van der Waals surface area (Å²) in [5, 5.41) is 0.539. The summed E-state index contributed by atoms with van der Waals surface area (Å²) in [6.45, 7) is 5.58. The summed E-state index contributed by atoms with van der Waals surface area (Å²) in [5.41, 5.74) is 0.493. The van der Waals surface area contributed by atoms with Gasteiger partial charge in [-0.1, -0.05) is 36.7 Å². The fourth-order valence-corrected chi connectivity index (χ4v) is 2.87. The molecule has 0 unspecified atom stereocenters. The molecule has 2 rings (SSSR count). The standard InChI is InChI=1S/C17H23BrFNO2/c1-17(2,3)16(21)20(12-6-5-7-12)15-13(19)8-11(10-18)9-14(15)22-4/h8-9,12H,5-7,10H2,1-4H3. The quantitative estimate of drug-likeness (QED) is 0.720. The van der Waals surface area contributed by atoms with Crippen molar-refractivity contribution in [2.24, 2.45) is 5.41 Å². The molecule has 1 aromatic carbocycles. The van der Waals surface area contributed by atoms with Crippen LogP contribution in [0.2, 0.25) is 0 Å². The summed E-state index contributed by atoms with van der Waals surface area (Å²) in [6, 6.07) is 3.31. The first-order valence-corrected chi connectivity index (χ1v) is 8.67. The van der Waals surface area contributed by atoms with Crippen molar-refractivity contribution in [3.05, 3.63) is 23.5 Å². The Morgan fingerprint density at radius 2 is 2.05 bits per heavy atom. The fraction of sp³-hybridized carbons (Fsp3) is 0.588. The number of carbonyl (C=O) groups excluding carboxylic acids is 1. The lowest BCUT2D eigenvalue weighted by molar-refractivity contribution is -0.126. The van der Waals surface area contributed by atoms with Crippen LogP contribution < -0.4 is 9.64 Å². The molecule has 0 atom stereocenters. The molecule has 1 aliphatic carbocycles. The zero-order valence-corrected chi connectivity index (χ0v) is 15.2. The Morgan fingerprint density at radius 1 is 1.41 bits per heavy atom. The largest absolute Gasteiger partial charge is 0.494 e. The lowest BCUT2D eigenvalue weighted by atomic mass is 9.86. The van der Waals surface area contributed by atoms with Crippen molar-refractivity contribution in [3.63, 3.8) is 0 Å². The van der Waals surface area contributed by atoms with Gasteiger partial charge in [-0.05, 0) is 37.0 Å². The monoisotopic (exact) mass is 371 g/mol. The summed E-state index contributed by atoms with van der Waals surface area (Å²) in [5.74, 6) is -0.0572. The molecule has 0 saturated heterocycles. The van der Waals surface area contributed by atoms with Crippen LogP contribution in [-0.4, -0.2) is 19.1 Å². The summed E-state index contributed by atoms with van der Waals surface area (Å²) in [4.78, 5) is 14.5. The van der Waals surface area contributed by atoms with Crippen molar-refractivity contribution in [1.82, 2.24) is 0 Å². The van der Waals surface area contributed by atoms with Crippen molar-refractivity contribution >= 4 is 27.5 Å². The van der Waals surface area contributed by atoms with E-state index in [9.17, 15) is 9.18 Å². The highest BCUT2D eigenvalue weighted by Crippen LogP contribution is 2.40. The first kappa shape index (κ1) is 17.3. The first-order chi connectivity index (χ1) is 10.3. The van der Waals surface area contributed by atoms with E-state index >= 15 is 0 Å². The molecule has 3 nitrogen and oxygen atoms in total. The molecule has 0 radical (unpaired) electrons. The topological polar surface area (TPSA) is 29.5 Å². The molecule has 1 amide bonds. The number of hydrogen-bond acceptors (Lipinski definition) is 2. The highest BCUT2D eigenvalue weighted by Gasteiger charge is 2.38. The predicted molar refractivity (Wildman–Crippen MR) is 90.2 cm³/mol. The molecule has 1 aromatic rings. The second-order valence-electron chi connectivity index (χ2n) is 6.77. The molecule has 1 aliphatic rings. The predicted octanol–water partition coefficient (Wildman–Crippen LogP) is 4.66. The third kappa shape index (κ3) is 3.29. The molecule has 122 valence electrons. The number of carbonyl (C=O) groups is 1. The number of benzene rings is 1. The van der Waals surface area contributed by atoms with Crippen LogP contribution in [0.15, 0.2) is 12.1 Å². The van der Waals surface area contributed by atoms with Crippen LogP contribution in [0.4, 0.5) is 10.1 Å². The summed E-state index contributed by atoms with van der Waals surface area (Å²) >= 11 is 3.33. The lowest BCUT2D eigenvalue weighted by Gasteiger charge is -2.41. The number of amides is 1. The Hall–Kier alpha value is -1.10. The molecule has 0 heterocycles. The second kappa shape index (κ2) is 6.57. The zero-order valence-electron chi connectivity index (χ0n) is 13.6. The maximum absolute atomic E-state index is 14.7. The van der Waals surface area contributed by atoms with Gasteiger partial charge < -0.3 is 9.64 Å². The van der Waals surface area contributed by atoms with Gasteiger partial charge in [-0.3, -0.25) is 4.79 Å². The van der Waals surface area contributed by atoms with Gasteiger partial charge >= 0.3 is 0 Å². The van der Waals surface area contributed by atoms with Crippen LogP contribution in [0.25, 0.3) is 0 Å². The number of methoxy groups -OCH3 is 1. The van der Waals surface area contributed by atoms with Crippen molar-refractivity contribution < 1.29 is 13.9 Å². The van der Waals surface area contributed by atoms with Gasteiger partial charge in [0.15, 0.2) is 5.82 Å². The minimum atomic E-state index is -0.568. The van der Waals surface area contributed by atoms with Crippen LogP contribution >= 0.6 is 15.9 Å². The van der Waals surface area contributed by atoms with E-state index in [1.807, 2.05) is 20.8 Å². The molecule has 0 aromatic heterocycles. The van der Waals surface area contributed by atoms with Gasteiger partial charge in [0.2, 0.25) is 5.91 Å². The highest BCUT2D eigenvalue weighted by molar-refractivity contribution is 9.08. The molecule has 1 saturated carbocycles. The van der Waals surface area contributed by atoms with Crippen LogP contribution in [0.5, 0.6) is 5.75 Å². The van der Waals surface area contributed by atoms with E-state index in [2.05, 4.69) is 15.9 Å². The van der Waals surface area contributed by atoms with Gasteiger partial charge in [0.25, 0.3) is 0 Å². The number of rotatable bonds is 4. The van der Waals surface area contributed by atoms with Crippen LogP contribution in [0.1, 0.15) is 45.6 Å². The smallest absolute Gasteiger partial charge is 0.232 e. The summed E-state index contributed by atoms with van der Waals surface area (Å²) < 4.78 is 20.1. The second-order valence-corrected chi connectivity index (χ2v) is 7.33. The minimum Gasteiger partial charge on any atom is -0.494 e. The zero-order chi connectivity index (χ0) is 16.5. The SMILES string of the molecule is COc1cc(CBr)cc(F)c1N(C(=O)C(C)(C)C)C1CCC1. The molecular weight excluding hydrogens is 349 g/mol. The Labute approximate surface area is 140 Å². The van der Waals surface area contributed by atoms with E-state index in [0.29, 0.717) is 11.1 Å². The number of nitrogens with zero attached hydrogens (tertiary/aromatic N) is 1. The maximum Gasteiger partial charge on any atom is 0.232 e. The van der Waals surface area contributed by atoms with Gasteiger partial charge in [-0.2, -0.15) is 0 Å². The van der Waals surface area contributed by atoms with Gasteiger partial charge in [0, 0.05) is 16.8 Å². The van der Waals surface area contributed by atoms with Crippen LogP contribution in [0, 0.1) is 11.2 Å². The number of anilines is 1. The molecule has 0 aliphatic heterocycles. The van der Waals surface area contributed by atoms with E-state index < -0.39 is 11.2 Å². The molecule has 1 fully saturated rings. The van der Waals surface area contributed by atoms with E-state index in [1.165, 1.54) is 13.2 Å². The van der Waals surface area contributed by atoms with Gasteiger partial charge in [0.05, 0.1) is 7.11 Å². The fourth-order valence-electron chi connectivity index (χ4n) is 2.55. The lowest BCUT2D eigenvalue weighted by Crippen LogP contribution is -2.49. The Kier molecular flexibility index (Phi) is 5.15. The molecular formula is C17H23BrFNO2. The summed E-state index contributed by atoms with van der Waals surface area (Å²) in [6.07, 6.45) is 2.89. The molecule has 0 N–H and O–H groups in total. The Bertz CT molecular complexity index is 565. The normalized spacial score (nSPS) is 15.4. The Balaban J connectivity index is 2.54. The van der Waals surface area contributed by atoms with Crippen molar-refractivity contribution in [1.29, 1.82) is 0 Å². The van der Waals surface area contributed by atoms with Crippen molar-refractivity contribution in [2.75, 3.05) is 12.0 Å². The van der Waals surface area contributed by atoms with Gasteiger partial charge in [-0.25, -0.2) is 4.39 Å². The third-order valence-electron chi connectivity index (χ3n) is 4.00. The molecule has 5 heteroatoms. The molecule has 0 bridgehead atoms. The number of halogens is 2. The number of hydrogen-bond donors (Lipinski definition) is 0. The average molecular weight is 372 g/mol. The molecule has 22 heavy (non-hydrogen) atoms. The van der Waals surface area contributed by atoms with Crippen LogP contribution in [-0.2, 0) is 10.1 Å². The van der Waals surface area contributed by atoms with Crippen molar-refractivity contribution in [2.45, 2.75) is 51.4 Å². The highest BCUT2D eigenvalue weighted by atomic mass is 79.9.